The van der Waals surface area contributed by atoms with Gasteiger partial charge in [-0.25, -0.2) is 0 Å². The maximum Gasteiger partial charge on any atom is 0.154 e. The number of carbonyl (C=O) groups is 1. The summed E-state index contributed by atoms with van der Waals surface area (Å²) >= 11 is 0. The van der Waals surface area contributed by atoms with Crippen LogP contribution in [0.5, 0.6) is 0 Å². The highest BCUT2D eigenvalue weighted by molar-refractivity contribution is 5.88. The van der Waals surface area contributed by atoms with Crippen molar-refractivity contribution >= 4 is 17.2 Å². The quantitative estimate of drug-likeness (QED) is 0.741. The fourth-order valence-corrected chi connectivity index (χ4v) is 1.36. The van der Waals surface area contributed by atoms with Gasteiger partial charge in [0.15, 0.2) is 5.78 Å². The molecule has 0 atom stereocenters. The summed E-state index contributed by atoms with van der Waals surface area (Å²) in [5.41, 5.74) is 2.81. The Morgan fingerprint density at radius 1 is 1.20 bits per heavy atom. The second kappa shape index (κ2) is 5.20. The summed E-state index contributed by atoms with van der Waals surface area (Å²) in [6, 6.07) is 7.85. The first-order valence-electron chi connectivity index (χ1n) is 4.86. The van der Waals surface area contributed by atoms with Crippen molar-refractivity contribution in [1.29, 1.82) is 0 Å². The fourth-order valence-electron chi connectivity index (χ4n) is 1.36. The maximum atomic E-state index is 10.9. The van der Waals surface area contributed by atoms with Gasteiger partial charge in [-0.3, -0.25) is 4.79 Å². The maximum absolute atomic E-state index is 10.9. The summed E-state index contributed by atoms with van der Waals surface area (Å²) < 4.78 is 0. The zero-order valence-electron chi connectivity index (χ0n) is 9.29. The zero-order chi connectivity index (χ0) is 11.3. The molecule has 15 heavy (non-hydrogen) atoms. The van der Waals surface area contributed by atoms with Gasteiger partial charge in [0.05, 0.1) is 11.4 Å². The van der Waals surface area contributed by atoms with E-state index in [9.17, 15) is 4.79 Å². The average Bonchev–Trinajstić information content (AvgIpc) is 2.17. The van der Waals surface area contributed by atoms with Gasteiger partial charge in [-0.1, -0.05) is 12.1 Å². The van der Waals surface area contributed by atoms with Crippen molar-refractivity contribution in [2.75, 3.05) is 17.7 Å². The van der Waals surface area contributed by atoms with Crippen LogP contribution in [0, 0.1) is 0 Å². The summed E-state index contributed by atoms with van der Waals surface area (Å²) in [4.78, 5) is 10.9. The Morgan fingerprint density at radius 3 is 2.33 bits per heavy atom. The van der Waals surface area contributed by atoms with Crippen molar-refractivity contribution in [2.24, 2.45) is 0 Å². The van der Waals surface area contributed by atoms with Gasteiger partial charge in [0, 0.05) is 12.7 Å². The zero-order valence-corrected chi connectivity index (χ0v) is 9.29. The number of hydrogen-bond donors (Lipinski definition) is 2. The number of allylic oxidation sites excluding steroid dienone is 2. The van der Waals surface area contributed by atoms with Crippen LogP contribution < -0.4 is 10.6 Å². The summed E-state index contributed by atoms with van der Waals surface area (Å²) in [6.07, 6.45) is 1.58. The number of rotatable bonds is 4. The smallest absolute Gasteiger partial charge is 0.154 e. The van der Waals surface area contributed by atoms with Gasteiger partial charge in [0.1, 0.15) is 0 Å². The molecule has 0 aliphatic carbocycles. The SMILES string of the molecule is CNc1ccccc1N/C(C)=C/C(C)=O. The number of benzene rings is 1. The van der Waals surface area contributed by atoms with Gasteiger partial charge < -0.3 is 10.6 Å². The lowest BCUT2D eigenvalue weighted by atomic mass is 10.2. The molecule has 0 fully saturated rings. The molecule has 0 heterocycles. The molecule has 0 unspecified atom stereocenters. The fraction of sp³-hybridized carbons (Fsp3) is 0.250. The Labute approximate surface area is 90.2 Å². The molecule has 0 radical (unpaired) electrons. The van der Waals surface area contributed by atoms with Gasteiger partial charge in [0.2, 0.25) is 0 Å². The van der Waals surface area contributed by atoms with E-state index in [0.717, 1.165) is 17.1 Å². The van der Waals surface area contributed by atoms with Crippen LogP contribution in [0.1, 0.15) is 13.8 Å². The highest BCUT2D eigenvalue weighted by atomic mass is 16.1. The third-order valence-corrected chi connectivity index (χ3v) is 1.95. The number of carbonyl (C=O) groups excluding carboxylic acids is 1. The second-order valence-electron chi connectivity index (χ2n) is 3.36. The monoisotopic (exact) mass is 204 g/mol. The summed E-state index contributed by atoms with van der Waals surface area (Å²) in [5.74, 6) is 0.0435. The van der Waals surface area contributed by atoms with Crippen molar-refractivity contribution in [2.45, 2.75) is 13.8 Å². The molecular weight excluding hydrogens is 188 g/mol. The van der Waals surface area contributed by atoms with Crippen LogP contribution >= 0.6 is 0 Å². The van der Waals surface area contributed by atoms with Crippen LogP contribution in [0.2, 0.25) is 0 Å². The van der Waals surface area contributed by atoms with E-state index in [1.165, 1.54) is 6.92 Å². The molecule has 1 aromatic rings. The van der Waals surface area contributed by atoms with E-state index in [4.69, 9.17) is 0 Å². The molecule has 80 valence electrons. The molecule has 3 nitrogen and oxygen atoms in total. The molecule has 0 aromatic heterocycles. The molecule has 0 aliphatic rings. The molecule has 0 bridgehead atoms. The van der Waals surface area contributed by atoms with Gasteiger partial charge in [0.25, 0.3) is 0 Å². The van der Waals surface area contributed by atoms with E-state index >= 15 is 0 Å². The first-order valence-corrected chi connectivity index (χ1v) is 4.86. The third kappa shape index (κ3) is 3.46. The van der Waals surface area contributed by atoms with Crippen LogP contribution in [0.3, 0.4) is 0 Å². The van der Waals surface area contributed by atoms with Crippen LogP contribution in [0.4, 0.5) is 11.4 Å². The van der Waals surface area contributed by atoms with E-state index in [1.807, 2.05) is 38.2 Å². The Balaban J connectivity index is 2.84. The van der Waals surface area contributed by atoms with Gasteiger partial charge >= 0.3 is 0 Å². The normalized spacial score (nSPS) is 11.0. The van der Waals surface area contributed by atoms with Gasteiger partial charge in [-0.2, -0.15) is 0 Å². The Morgan fingerprint density at radius 2 is 1.80 bits per heavy atom. The highest BCUT2D eigenvalue weighted by Crippen LogP contribution is 2.21. The average molecular weight is 204 g/mol. The molecule has 0 amide bonds. The molecule has 1 aromatic carbocycles. The topological polar surface area (TPSA) is 41.1 Å². The molecule has 2 N–H and O–H groups in total. The number of ketones is 1. The van der Waals surface area contributed by atoms with E-state index in [1.54, 1.807) is 6.08 Å². The Hall–Kier alpha value is -1.77. The lowest BCUT2D eigenvalue weighted by Crippen LogP contribution is -2.01. The summed E-state index contributed by atoms with van der Waals surface area (Å²) in [6.45, 7) is 3.41. The van der Waals surface area contributed by atoms with Crippen LogP contribution in [-0.2, 0) is 4.79 Å². The minimum absolute atomic E-state index is 0.0435. The molecule has 0 saturated carbocycles. The molecule has 0 spiro atoms. The lowest BCUT2D eigenvalue weighted by molar-refractivity contribution is -0.112. The first-order chi connectivity index (χ1) is 7.13. The first kappa shape index (κ1) is 11.3. The van der Waals surface area contributed by atoms with Crippen LogP contribution in [-0.4, -0.2) is 12.8 Å². The molecule has 0 saturated heterocycles. The second-order valence-corrected chi connectivity index (χ2v) is 3.36. The van der Waals surface area contributed by atoms with Crippen LogP contribution in [0.15, 0.2) is 36.0 Å². The van der Waals surface area contributed by atoms with E-state index in [0.29, 0.717) is 0 Å². The number of nitrogens with one attached hydrogen (secondary N) is 2. The van der Waals surface area contributed by atoms with Crippen molar-refractivity contribution in [3.05, 3.63) is 36.0 Å². The van der Waals surface area contributed by atoms with Crippen molar-refractivity contribution in [3.63, 3.8) is 0 Å². The largest absolute Gasteiger partial charge is 0.386 e. The highest BCUT2D eigenvalue weighted by Gasteiger charge is 1.99. The predicted octanol–water partition coefficient (Wildman–Crippen LogP) is 2.63. The Kier molecular flexibility index (Phi) is 3.92. The predicted molar refractivity (Wildman–Crippen MR) is 64.0 cm³/mol. The number of para-hydroxylation sites is 2. The van der Waals surface area contributed by atoms with E-state index in [-0.39, 0.29) is 5.78 Å². The van der Waals surface area contributed by atoms with E-state index < -0.39 is 0 Å². The minimum Gasteiger partial charge on any atom is -0.386 e. The summed E-state index contributed by atoms with van der Waals surface area (Å²) in [5, 5.41) is 6.25. The van der Waals surface area contributed by atoms with Gasteiger partial charge in [-0.15, -0.1) is 0 Å². The minimum atomic E-state index is 0.0435. The molecule has 0 aliphatic heterocycles. The van der Waals surface area contributed by atoms with Gasteiger partial charge in [-0.05, 0) is 32.1 Å². The van der Waals surface area contributed by atoms with Crippen molar-refractivity contribution < 1.29 is 4.79 Å². The molecular formula is C12H16N2O. The third-order valence-electron chi connectivity index (χ3n) is 1.95. The van der Waals surface area contributed by atoms with Crippen molar-refractivity contribution in [1.82, 2.24) is 0 Å². The Bertz CT molecular complexity index is 383. The molecule has 3 heteroatoms. The number of hydrogen-bond acceptors (Lipinski definition) is 3. The van der Waals surface area contributed by atoms with E-state index in [2.05, 4.69) is 10.6 Å². The van der Waals surface area contributed by atoms with Crippen molar-refractivity contribution in [3.8, 4) is 0 Å². The standard InChI is InChI=1S/C12H16N2O/c1-9(8-10(2)15)14-12-7-5-4-6-11(12)13-3/h4-8,13-14H,1-3H3/b9-8+. The van der Waals surface area contributed by atoms with Crippen LogP contribution in [0.25, 0.3) is 0 Å². The lowest BCUT2D eigenvalue weighted by Gasteiger charge is -2.11. The number of anilines is 2. The molecule has 1 rings (SSSR count). The summed E-state index contributed by atoms with van der Waals surface area (Å²) in [7, 11) is 1.87.